The fourth-order valence-electron chi connectivity index (χ4n) is 3.92. The predicted molar refractivity (Wildman–Crippen MR) is 157 cm³/mol. The Labute approximate surface area is 232 Å². The molecule has 0 aliphatic carbocycles. The largest absolute Gasteiger partial charge is 0.494 e. The first-order valence-electron chi connectivity index (χ1n) is 14.1. The highest BCUT2D eigenvalue weighted by Crippen LogP contribution is 2.19. The van der Waals surface area contributed by atoms with Gasteiger partial charge in [0, 0.05) is 5.56 Å². The molecule has 0 unspecified atom stereocenters. The highest BCUT2D eigenvalue weighted by molar-refractivity contribution is 6.06. The normalized spacial score (nSPS) is 10.9. The van der Waals surface area contributed by atoms with Gasteiger partial charge in [0.15, 0.2) is 5.78 Å². The van der Waals surface area contributed by atoms with Gasteiger partial charge in [-0.05, 0) is 85.1 Å². The second-order valence-corrected chi connectivity index (χ2v) is 9.52. The molecule has 0 saturated carbocycles. The molecule has 5 nitrogen and oxygen atoms in total. The maximum absolute atomic E-state index is 12.6. The third-order valence-electron chi connectivity index (χ3n) is 6.28. The number of allylic oxidation sites excluding steroid dienone is 1. The lowest BCUT2D eigenvalue weighted by molar-refractivity contribution is 0.0734. The van der Waals surface area contributed by atoms with E-state index >= 15 is 0 Å². The van der Waals surface area contributed by atoms with Crippen molar-refractivity contribution in [3.05, 3.63) is 95.6 Å². The molecule has 0 amide bonds. The first-order chi connectivity index (χ1) is 19.1. The van der Waals surface area contributed by atoms with E-state index in [9.17, 15) is 9.59 Å². The second kappa shape index (κ2) is 16.9. The van der Waals surface area contributed by atoms with Crippen LogP contribution in [0.4, 0.5) is 0 Å². The number of ketones is 1. The van der Waals surface area contributed by atoms with Crippen LogP contribution in [0, 0.1) is 0 Å². The number of carbonyl (C=O) groups excluding carboxylic acids is 2. The van der Waals surface area contributed by atoms with Gasteiger partial charge in [0.25, 0.3) is 0 Å². The van der Waals surface area contributed by atoms with Crippen LogP contribution in [0.5, 0.6) is 17.2 Å². The Balaban J connectivity index is 1.44. The van der Waals surface area contributed by atoms with Crippen LogP contribution in [0.2, 0.25) is 0 Å². The first-order valence-corrected chi connectivity index (χ1v) is 14.1. The third-order valence-corrected chi connectivity index (χ3v) is 6.28. The summed E-state index contributed by atoms with van der Waals surface area (Å²) in [6, 6.07) is 21.2. The van der Waals surface area contributed by atoms with Gasteiger partial charge in [-0.25, -0.2) is 4.79 Å². The highest BCUT2D eigenvalue weighted by atomic mass is 16.5. The Morgan fingerprint density at radius 1 is 0.590 bits per heavy atom. The molecule has 0 aliphatic heterocycles. The van der Waals surface area contributed by atoms with Crippen LogP contribution in [0.15, 0.2) is 78.9 Å². The van der Waals surface area contributed by atoms with E-state index < -0.39 is 5.97 Å². The monoisotopic (exact) mass is 528 g/mol. The summed E-state index contributed by atoms with van der Waals surface area (Å²) in [5.41, 5.74) is 1.86. The van der Waals surface area contributed by atoms with Gasteiger partial charge in [0.2, 0.25) is 0 Å². The Bertz CT molecular complexity index is 1160. The van der Waals surface area contributed by atoms with Crippen LogP contribution >= 0.6 is 0 Å². The number of ether oxygens (including phenoxy) is 3. The molecular formula is C34H40O5. The average Bonchev–Trinajstić information content (AvgIpc) is 2.97. The zero-order valence-corrected chi connectivity index (χ0v) is 23.2. The minimum atomic E-state index is -0.461. The van der Waals surface area contributed by atoms with Crippen LogP contribution in [0.1, 0.15) is 91.5 Å². The number of unbranched alkanes of at least 4 members (excludes halogenated alkanes) is 6. The van der Waals surface area contributed by atoms with Gasteiger partial charge in [-0.1, -0.05) is 70.6 Å². The summed E-state index contributed by atoms with van der Waals surface area (Å²) in [5, 5.41) is 0. The summed E-state index contributed by atoms with van der Waals surface area (Å²) in [5.74, 6) is 1.36. The third kappa shape index (κ3) is 10.8. The molecule has 206 valence electrons. The molecule has 0 aromatic heterocycles. The Morgan fingerprint density at radius 3 is 1.62 bits per heavy atom. The molecule has 5 heteroatoms. The molecule has 3 rings (SSSR count). The topological polar surface area (TPSA) is 61.8 Å². The lowest BCUT2D eigenvalue weighted by atomic mass is 10.1. The standard InChI is InChI=1S/C34H40O5/c1-3-5-7-9-25-37-30-18-11-27(12-19-30)13-24-33(35)28-14-22-32(23-15-28)39-34(36)29-16-20-31(21-17-29)38-26-10-8-6-4-2/h11-24H,3-10,25-26H2,1-2H3/b24-13+. The molecule has 0 bridgehead atoms. The predicted octanol–water partition coefficient (Wildman–Crippen LogP) is 8.72. The molecule has 0 heterocycles. The number of rotatable bonds is 17. The lowest BCUT2D eigenvalue weighted by Gasteiger charge is -2.08. The van der Waals surface area contributed by atoms with E-state index in [0.717, 1.165) is 42.9 Å². The minimum Gasteiger partial charge on any atom is -0.494 e. The van der Waals surface area contributed by atoms with E-state index in [2.05, 4.69) is 13.8 Å². The number of carbonyl (C=O) groups is 2. The smallest absolute Gasteiger partial charge is 0.343 e. The van der Waals surface area contributed by atoms with Crippen molar-refractivity contribution in [3.63, 3.8) is 0 Å². The molecule has 0 aliphatic rings. The molecule has 0 fully saturated rings. The molecule has 39 heavy (non-hydrogen) atoms. The van der Waals surface area contributed by atoms with Crippen molar-refractivity contribution in [1.82, 2.24) is 0 Å². The van der Waals surface area contributed by atoms with Crippen molar-refractivity contribution in [2.24, 2.45) is 0 Å². The summed E-state index contributed by atoms with van der Waals surface area (Å²) in [4.78, 5) is 25.1. The van der Waals surface area contributed by atoms with Gasteiger partial charge in [0.05, 0.1) is 18.8 Å². The minimum absolute atomic E-state index is 0.130. The van der Waals surface area contributed by atoms with Crippen LogP contribution in [0.25, 0.3) is 6.08 Å². The van der Waals surface area contributed by atoms with Crippen molar-refractivity contribution in [3.8, 4) is 17.2 Å². The number of benzene rings is 3. The molecule has 3 aromatic carbocycles. The van der Waals surface area contributed by atoms with Crippen LogP contribution in [-0.2, 0) is 0 Å². The van der Waals surface area contributed by atoms with Gasteiger partial charge in [-0.3, -0.25) is 4.79 Å². The molecule has 0 radical (unpaired) electrons. The lowest BCUT2D eigenvalue weighted by Crippen LogP contribution is -2.08. The Morgan fingerprint density at radius 2 is 1.08 bits per heavy atom. The van der Waals surface area contributed by atoms with Gasteiger partial charge < -0.3 is 14.2 Å². The van der Waals surface area contributed by atoms with Crippen LogP contribution in [0.3, 0.4) is 0 Å². The van der Waals surface area contributed by atoms with E-state index in [-0.39, 0.29) is 5.78 Å². The average molecular weight is 529 g/mol. The summed E-state index contributed by atoms with van der Waals surface area (Å²) < 4.78 is 17.0. The van der Waals surface area contributed by atoms with Crippen molar-refractivity contribution < 1.29 is 23.8 Å². The Kier molecular flexibility index (Phi) is 12.8. The first kappa shape index (κ1) is 29.7. The van der Waals surface area contributed by atoms with Crippen LogP contribution < -0.4 is 14.2 Å². The number of hydrogen-bond donors (Lipinski definition) is 0. The Hall–Kier alpha value is -3.86. The highest BCUT2D eigenvalue weighted by Gasteiger charge is 2.10. The molecule has 0 saturated heterocycles. The number of esters is 1. The van der Waals surface area contributed by atoms with E-state index in [1.54, 1.807) is 54.6 Å². The molecular weight excluding hydrogens is 488 g/mol. The van der Waals surface area contributed by atoms with E-state index in [1.807, 2.05) is 24.3 Å². The molecule has 0 spiro atoms. The van der Waals surface area contributed by atoms with Crippen molar-refractivity contribution in [1.29, 1.82) is 0 Å². The van der Waals surface area contributed by atoms with Gasteiger partial charge in [0.1, 0.15) is 17.2 Å². The molecule has 0 N–H and O–H groups in total. The van der Waals surface area contributed by atoms with E-state index in [0.29, 0.717) is 23.5 Å². The van der Waals surface area contributed by atoms with Gasteiger partial charge in [-0.2, -0.15) is 0 Å². The second-order valence-electron chi connectivity index (χ2n) is 9.52. The van der Waals surface area contributed by atoms with Crippen molar-refractivity contribution in [2.75, 3.05) is 13.2 Å². The van der Waals surface area contributed by atoms with E-state index in [1.165, 1.54) is 38.2 Å². The summed E-state index contributed by atoms with van der Waals surface area (Å²) in [7, 11) is 0. The molecule has 0 atom stereocenters. The summed E-state index contributed by atoms with van der Waals surface area (Å²) >= 11 is 0. The SMILES string of the molecule is CCCCCCOc1ccc(/C=C/C(=O)c2ccc(OC(=O)c3ccc(OCCCCCC)cc3)cc2)cc1. The van der Waals surface area contributed by atoms with Gasteiger partial charge in [-0.15, -0.1) is 0 Å². The molecule has 3 aromatic rings. The van der Waals surface area contributed by atoms with Gasteiger partial charge >= 0.3 is 5.97 Å². The number of hydrogen-bond acceptors (Lipinski definition) is 5. The quantitative estimate of drug-likeness (QED) is 0.0576. The van der Waals surface area contributed by atoms with E-state index in [4.69, 9.17) is 14.2 Å². The summed E-state index contributed by atoms with van der Waals surface area (Å²) in [6.07, 6.45) is 12.6. The van der Waals surface area contributed by atoms with Crippen molar-refractivity contribution in [2.45, 2.75) is 65.2 Å². The fourth-order valence-corrected chi connectivity index (χ4v) is 3.92. The zero-order chi connectivity index (χ0) is 27.7. The fraction of sp³-hybridized carbons (Fsp3) is 0.353. The maximum Gasteiger partial charge on any atom is 0.343 e. The summed E-state index contributed by atoms with van der Waals surface area (Å²) in [6.45, 7) is 5.76. The van der Waals surface area contributed by atoms with Crippen LogP contribution in [-0.4, -0.2) is 25.0 Å². The zero-order valence-electron chi connectivity index (χ0n) is 23.2. The van der Waals surface area contributed by atoms with Crippen molar-refractivity contribution >= 4 is 17.8 Å². The maximum atomic E-state index is 12.6.